The van der Waals surface area contributed by atoms with Gasteiger partial charge in [0.2, 0.25) is 5.88 Å². The molecule has 0 saturated carbocycles. The second kappa shape index (κ2) is 7.18. The zero-order valence-corrected chi connectivity index (χ0v) is 18.0. The maximum atomic E-state index is 13.0. The summed E-state index contributed by atoms with van der Waals surface area (Å²) in [6.45, 7) is 4.10. The molecule has 0 aliphatic carbocycles. The molecule has 2 aromatic heterocycles. The van der Waals surface area contributed by atoms with Crippen molar-refractivity contribution >= 4 is 49.4 Å². The SMILES string of the molecule is Cc1ccc(Nc2oc3c(c2-c2ccc(Br)cc2)c(=O)oc2ccccc23)c(C)c1. The minimum atomic E-state index is -0.418. The molecule has 0 fully saturated rings. The Hall–Kier alpha value is -3.31. The van der Waals surface area contributed by atoms with Crippen LogP contribution in [-0.2, 0) is 0 Å². The summed E-state index contributed by atoms with van der Waals surface area (Å²) in [7, 11) is 0. The second-order valence-corrected chi connectivity index (χ2v) is 8.26. The van der Waals surface area contributed by atoms with E-state index in [2.05, 4.69) is 34.2 Å². The van der Waals surface area contributed by atoms with Crippen LogP contribution in [0, 0.1) is 13.8 Å². The van der Waals surface area contributed by atoms with Gasteiger partial charge in [-0.05, 0) is 55.3 Å². The summed E-state index contributed by atoms with van der Waals surface area (Å²) in [5, 5.41) is 4.60. The smallest absolute Gasteiger partial charge is 0.348 e. The van der Waals surface area contributed by atoms with Crippen molar-refractivity contribution in [2.45, 2.75) is 13.8 Å². The topological polar surface area (TPSA) is 55.4 Å². The number of benzene rings is 3. The van der Waals surface area contributed by atoms with Gasteiger partial charge in [-0.1, -0.05) is 57.9 Å². The van der Waals surface area contributed by atoms with Crippen LogP contribution in [0.15, 0.2) is 84.8 Å². The molecule has 0 bridgehead atoms. The highest BCUT2D eigenvalue weighted by atomic mass is 79.9. The minimum absolute atomic E-state index is 0.418. The zero-order chi connectivity index (χ0) is 20.8. The Morgan fingerprint density at radius 3 is 2.43 bits per heavy atom. The van der Waals surface area contributed by atoms with E-state index in [1.165, 1.54) is 5.56 Å². The van der Waals surface area contributed by atoms with Crippen LogP contribution in [0.1, 0.15) is 11.1 Å². The maximum absolute atomic E-state index is 13.0. The standard InChI is InChI=1S/C25H18BrNO3/c1-14-7-12-19(15(2)13-14)27-24-21(16-8-10-17(26)11-9-16)22-23(30-24)18-5-3-4-6-20(18)29-25(22)28/h3-13,27H,1-2H3. The Kier molecular flexibility index (Phi) is 4.48. The van der Waals surface area contributed by atoms with Crippen LogP contribution >= 0.6 is 15.9 Å². The summed E-state index contributed by atoms with van der Waals surface area (Å²) in [6.07, 6.45) is 0. The summed E-state index contributed by atoms with van der Waals surface area (Å²) in [6, 6.07) is 21.4. The van der Waals surface area contributed by atoms with E-state index in [-0.39, 0.29) is 0 Å². The molecule has 1 N–H and O–H groups in total. The molecular formula is C25H18BrNO3. The van der Waals surface area contributed by atoms with Gasteiger partial charge < -0.3 is 14.2 Å². The molecule has 5 aromatic rings. The predicted molar refractivity (Wildman–Crippen MR) is 125 cm³/mol. The molecule has 0 amide bonds. The van der Waals surface area contributed by atoms with Gasteiger partial charge in [0.25, 0.3) is 0 Å². The lowest BCUT2D eigenvalue weighted by Crippen LogP contribution is -2.00. The molecule has 30 heavy (non-hydrogen) atoms. The van der Waals surface area contributed by atoms with Gasteiger partial charge in [-0.15, -0.1) is 0 Å². The highest BCUT2D eigenvalue weighted by Gasteiger charge is 2.23. The molecular weight excluding hydrogens is 442 g/mol. The molecule has 0 saturated heterocycles. The summed E-state index contributed by atoms with van der Waals surface area (Å²) < 4.78 is 12.9. The fraction of sp³-hybridized carbons (Fsp3) is 0.0800. The Labute approximate surface area is 181 Å². The van der Waals surface area contributed by atoms with Crippen LogP contribution in [0.2, 0.25) is 0 Å². The maximum Gasteiger partial charge on any atom is 0.348 e. The molecule has 5 rings (SSSR count). The zero-order valence-electron chi connectivity index (χ0n) is 16.5. The van der Waals surface area contributed by atoms with Gasteiger partial charge >= 0.3 is 5.63 Å². The van der Waals surface area contributed by atoms with Crippen molar-refractivity contribution in [3.8, 4) is 11.1 Å². The fourth-order valence-electron chi connectivity index (χ4n) is 3.77. The first-order chi connectivity index (χ1) is 14.5. The highest BCUT2D eigenvalue weighted by molar-refractivity contribution is 9.10. The number of furan rings is 1. The third-order valence-corrected chi connectivity index (χ3v) is 5.74. The van der Waals surface area contributed by atoms with E-state index in [0.717, 1.165) is 26.7 Å². The quantitative estimate of drug-likeness (QED) is 0.287. The number of hydrogen-bond acceptors (Lipinski definition) is 4. The normalized spacial score (nSPS) is 11.3. The van der Waals surface area contributed by atoms with Gasteiger partial charge in [-0.3, -0.25) is 0 Å². The monoisotopic (exact) mass is 459 g/mol. The number of nitrogens with one attached hydrogen (secondary N) is 1. The molecule has 3 aromatic carbocycles. The van der Waals surface area contributed by atoms with Gasteiger partial charge in [0, 0.05) is 10.2 Å². The Morgan fingerprint density at radius 2 is 1.67 bits per heavy atom. The second-order valence-electron chi connectivity index (χ2n) is 7.35. The van der Waals surface area contributed by atoms with Gasteiger partial charge in [0.15, 0.2) is 5.58 Å². The molecule has 0 aliphatic heterocycles. The molecule has 0 aliphatic rings. The first kappa shape index (κ1) is 18.7. The molecule has 0 spiro atoms. The average molecular weight is 460 g/mol. The van der Waals surface area contributed by atoms with Crippen molar-refractivity contribution in [1.29, 1.82) is 0 Å². The fourth-order valence-corrected chi connectivity index (χ4v) is 4.03. The van der Waals surface area contributed by atoms with Crippen LogP contribution in [0.5, 0.6) is 0 Å². The number of hydrogen-bond donors (Lipinski definition) is 1. The largest absolute Gasteiger partial charge is 0.439 e. The van der Waals surface area contributed by atoms with E-state index in [1.807, 2.05) is 61.5 Å². The van der Waals surface area contributed by atoms with E-state index in [4.69, 9.17) is 8.83 Å². The van der Waals surface area contributed by atoms with Crippen molar-refractivity contribution in [3.63, 3.8) is 0 Å². The van der Waals surface area contributed by atoms with Crippen LogP contribution < -0.4 is 10.9 Å². The number of aryl methyl sites for hydroxylation is 2. The number of halogens is 1. The number of para-hydroxylation sites is 1. The van der Waals surface area contributed by atoms with Gasteiger partial charge in [0.1, 0.15) is 11.0 Å². The lowest BCUT2D eigenvalue weighted by atomic mass is 10.0. The number of anilines is 2. The van der Waals surface area contributed by atoms with Crippen molar-refractivity contribution in [2.75, 3.05) is 5.32 Å². The van der Waals surface area contributed by atoms with Crippen LogP contribution in [0.3, 0.4) is 0 Å². The Bertz CT molecular complexity index is 1460. The summed E-state index contributed by atoms with van der Waals surface area (Å²) in [5.74, 6) is 0.517. The highest BCUT2D eigenvalue weighted by Crippen LogP contribution is 2.41. The van der Waals surface area contributed by atoms with Gasteiger partial charge in [-0.2, -0.15) is 0 Å². The number of rotatable bonds is 3. The molecule has 0 atom stereocenters. The summed E-state index contributed by atoms with van der Waals surface area (Å²) in [5.41, 5.74) is 5.36. The van der Waals surface area contributed by atoms with Crippen LogP contribution in [-0.4, -0.2) is 0 Å². The average Bonchev–Trinajstić information content (AvgIpc) is 3.11. The van der Waals surface area contributed by atoms with Crippen molar-refractivity contribution < 1.29 is 8.83 Å². The van der Waals surface area contributed by atoms with Crippen molar-refractivity contribution in [2.24, 2.45) is 0 Å². The third kappa shape index (κ3) is 3.12. The van der Waals surface area contributed by atoms with E-state index in [1.54, 1.807) is 6.07 Å². The first-order valence-corrected chi connectivity index (χ1v) is 10.4. The predicted octanol–water partition coefficient (Wildman–Crippen LogP) is 7.33. The van der Waals surface area contributed by atoms with Gasteiger partial charge in [0.05, 0.1) is 10.9 Å². The van der Waals surface area contributed by atoms with E-state index >= 15 is 0 Å². The van der Waals surface area contributed by atoms with Gasteiger partial charge in [-0.25, -0.2) is 4.79 Å². The molecule has 4 nitrogen and oxygen atoms in total. The Balaban J connectivity index is 1.83. The molecule has 2 heterocycles. The summed E-state index contributed by atoms with van der Waals surface area (Å²) >= 11 is 3.47. The third-order valence-electron chi connectivity index (χ3n) is 5.21. The van der Waals surface area contributed by atoms with Crippen LogP contribution in [0.25, 0.3) is 33.1 Å². The first-order valence-electron chi connectivity index (χ1n) is 9.60. The van der Waals surface area contributed by atoms with E-state index in [0.29, 0.717) is 28.0 Å². The molecule has 0 unspecified atom stereocenters. The summed E-state index contributed by atoms with van der Waals surface area (Å²) in [4.78, 5) is 13.0. The van der Waals surface area contributed by atoms with Crippen molar-refractivity contribution in [1.82, 2.24) is 0 Å². The van der Waals surface area contributed by atoms with Crippen molar-refractivity contribution in [3.05, 3.63) is 92.7 Å². The van der Waals surface area contributed by atoms with E-state index < -0.39 is 5.63 Å². The lowest BCUT2D eigenvalue weighted by Gasteiger charge is -2.10. The molecule has 148 valence electrons. The van der Waals surface area contributed by atoms with Crippen LogP contribution in [0.4, 0.5) is 11.6 Å². The molecule has 5 heteroatoms. The Morgan fingerprint density at radius 1 is 0.900 bits per heavy atom. The molecule has 0 radical (unpaired) electrons. The number of fused-ring (bicyclic) bond motifs is 3. The minimum Gasteiger partial charge on any atom is -0.439 e. The lowest BCUT2D eigenvalue weighted by molar-refractivity contribution is 0.566. The van der Waals surface area contributed by atoms with E-state index in [9.17, 15) is 4.79 Å².